The van der Waals surface area contributed by atoms with Gasteiger partial charge in [0.25, 0.3) is 0 Å². The summed E-state index contributed by atoms with van der Waals surface area (Å²) in [6.07, 6.45) is 0.246. The number of rotatable bonds is 6. The molecule has 0 saturated carbocycles. The highest BCUT2D eigenvalue weighted by Gasteiger charge is 2.14. The molecule has 2 nitrogen and oxygen atoms in total. The first-order valence-corrected chi connectivity index (χ1v) is 6.45. The van der Waals surface area contributed by atoms with Crippen molar-refractivity contribution in [2.75, 3.05) is 0 Å². The van der Waals surface area contributed by atoms with Gasteiger partial charge in [-0.2, -0.15) is 0 Å². The molecule has 0 aliphatic heterocycles. The maximum Gasteiger partial charge on any atom is 0.132 e. The number of hydrogen-bond donors (Lipinski definition) is 0. The first kappa shape index (κ1) is 13.5. The quantitative estimate of drug-likeness (QED) is 0.781. The number of ketones is 1. The standard InChI is InChI=1S/C17H18O2/c1-14(18)12-17(16-10-6-3-7-11-16)19-13-15-8-4-2-5-9-15/h2-11,17H,12-13H2,1H3/t17-/m0/s1. The molecule has 19 heavy (non-hydrogen) atoms. The van der Waals surface area contributed by atoms with Crippen molar-refractivity contribution in [3.63, 3.8) is 0 Å². The van der Waals surface area contributed by atoms with Crippen LogP contribution >= 0.6 is 0 Å². The molecule has 2 heteroatoms. The Hall–Kier alpha value is -1.93. The molecule has 0 fully saturated rings. The fourth-order valence-corrected chi connectivity index (χ4v) is 1.97. The molecule has 2 aromatic carbocycles. The maximum atomic E-state index is 11.4. The van der Waals surface area contributed by atoms with Crippen molar-refractivity contribution in [1.82, 2.24) is 0 Å². The summed E-state index contributed by atoms with van der Waals surface area (Å²) in [4.78, 5) is 11.4. The molecule has 0 aromatic heterocycles. The zero-order chi connectivity index (χ0) is 13.5. The molecule has 2 rings (SSSR count). The minimum Gasteiger partial charge on any atom is -0.368 e. The Balaban J connectivity index is 2.04. The van der Waals surface area contributed by atoms with Crippen LogP contribution < -0.4 is 0 Å². The lowest BCUT2D eigenvalue weighted by Crippen LogP contribution is -2.08. The van der Waals surface area contributed by atoms with E-state index in [1.807, 2.05) is 60.7 Å². The van der Waals surface area contributed by atoms with Crippen LogP contribution in [-0.2, 0) is 16.1 Å². The lowest BCUT2D eigenvalue weighted by Gasteiger charge is -2.17. The van der Waals surface area contributed by atoms with Crippen molar-refractivity contribution < 1.29 is 9.53 Å². The van der Waals surface area contributed by atoms with Crippen LogP contribution in [0.3, 0.4) is 0 Å². The van der Waals surface area contributed by atoms with Crippen LogP contribution in [0.2, 0.25) is 0 Å². The molecular weight excluding hydrogens is 236 g/mol. The van der Waals surface area contributed by atoms with Gasteiger partial charge in [0.2, 0.25) is 0 Å². The van der Waals surface area contributed by atoms with Gasteiger partial charge in [-0.05, 0) is 18.1 Å². The maximum absolute atomic E-state index is 11.4. The van der Waals surface area contributed by atoms with Crippen LogP contribution in [0.5, 0.6) is 0 Å². The lowest BCUT2D eigenvalue weighted by atomic mass is 10.0. The zero-order valence-corrected chi connectivity index (χ0v) is 11.1. The zero-order valence-electron chi connectivity index (χ0n) is 11.1. The van der Waals surface area contributed by atoms with Gasteiger partial charge in [-0.15, -0.1) is 0 Å². The van der Waals surface area contributed by atoms with E-state index >= 15 is 0 Å². The minimum absolute atomic E-state index is 0.141. The first-order chi connectivity index (χ1) is 9.25. The molecule has 0 spiro atoms. The van der Waals surface area contributed by atoms with Crippen LogP contribution in [-0.4, -0.2) is 5.78 Å². The molecule has 98 valence electrons. The average molecular weight is 254 g/mol. The molecule has 0 heterocycles. The Morgan fingerprint density at radius 2 is 1.58 bits per heavy atom. The Kier molecular flexibility index (Phi) is 4.87. The second-order valence-corrected chi connectivity index (χ2v) is 4.60. The lowest BCUT2D eigenvalue weighted by molar-refractivity contribution is -0.120. The van der Waals surface area contributed by atoms with E-state index in [2.05, 4.69) is 0 Å². The summed E-state index contributed by atoms with van der Waals surface area (Å²) in [5.41, 5.74) is 2.17. The molecule has 0 saturated heterocycles. The summed E-state index contributed by atoms with van der Waals surface area (Å²) in [7, 11) is 0. The van der Waals surface area contributed by atoms with Gasteiger partial charge >= 0.3 is 0 Å². The third kappa shape index (κ3) is 4.34. The summed E-state index contributed by atoms with van der Waals surface area (Å²) >= 11 is 0. The summed E-state index contributed by atoms with van der Waals surface area (Å²) < 4.78 is 5.90. The average Bonchev–Trinajstić information content (AvgIpc) is 2.45. The van der Waals surface area contributed by atoms with E-state index in [-0.39, 0.29) is 11.9 Å². The fourth-order valence-electron chi connectivity index (χ4n) is 1.97. The van der Waals surface area contributed by atoms with E-state index in [1.165, 1.54) is 0 Å². The summed E-state index contributed by atoms with van der Waals surface area (Å²) in [6.45, 7) is 2.12. The van der Waals surface area contributed by atoms with Gasteiger partial charge in [0, 0.05) is 6.42 Å². The number of Topliss-reactive ketones (excluding diaryl/α,β-unsaturated/α-hetero) is 1. The highest BCUT2D eigenvalue weighted by atomic mass is 16.5. The van der Waals surface area contributed by atoms with Crippen LogP contribution in [0.15, 0.2) is 60.7 Å². The molecule has 0 bridgehead atoms. The van der Waals surface area contributed by atoms with Gasteiger partial charge in [-0.1, -0.05) is 60.7 Å². The molecule has 0 amide bonds. The monoisotopic (exact) mass is 254 g/mol. The molecular formula is C17H18O2. The largest absolute Gasteiger partial charge is 0.368 e. The smallest absolute Gasteiger partial charge is 0.132 e. The van der Waals surface area contributed by atoms with E-state index in [9.17, 15) is 4.79 Å². The highest BCUT2D eigenvalue weighted by molar-refractivity contribution is 5.76. The second-order valence-electron chi connectivity index (χ2n) is 4.60. The normalized spacial score (nSPS) is 12.1. The van der Waals surface area contributed by atoms with E-state index in [0.29, 0.717) is 13.0 Å². The van der Waals surface area contributed by atoms with Crippen molar-refractivity contribution in [2.24, 2.45) is 0 Å². The third-order valence-electron chi connectivity index (χ3n) is 2.94. The molecule has 0 aliphatic carbocycles. The van der Waals surface area contributed by atoms with Gasteiger partial charge in [0.1, 0.15) is 5.78 Å². The third-order valence-corrected chi connectivity index (χ3v) is 2.94. The van der Waals surface area contributed by atoms with Crippen LogP contribution in [0.25, 0.3) is 0 Å². The van der Waals surface area contributed by atoms with Crippen molar-refractivity contribution in [2.45, 2.75) is 26.1 Å². The molecule has 2 aromatic rings. The first-order valence-electron chi connectivity index (χ1n) is 6.45. The van der Waals surface area contributed by atoms with Crippen molar-refractivity contribution >= 4 is 5.78 Å². The van der Waals surface area contributed by atoms with Gasteiger partial charge in [0.15, 0.2) is 0 Å². The molecule has 0 unspecified atom stereocenters. The molecule has 0 radical (unpaired) electrons. The summed E-state index contributed by atoms with van der Waals surface area (Å²) in [5.74, 6) is 0.141. The van der Waals surface area contributed by atoms with Gasteiger partial charge in [-0.3, -0.25) is 4.79 Å². The Morgan fingerprint density at radius 3 is 2.16 bits per heavy atom. The molecule has 0 aliphatic rings. The van der Waals surface area contributed by atoms with Crippen LogP contribution in [0, 0.1) is 0 Å². The summed E-state index contributed by atoms with van der Waals surface area (Å²) in [6, 6.07) is 19.9. The van der Waals surface area contributed by atoms with Gasteiger partial charge in [-0.25, -0.2) is 0 Å². The Labute approximate surface area is 114 Å². The second kappa shape index (κ2) is 6.86. The van der Waals surface area contributed by atoms with Gasteiger partial charge in [0.05, 0.1) is 12.7 Å². The van der Waals surface area contributed by atoms with E-state index in [4.69, 9.17) is 4.74 Å². The predicted molar refractivity (Wildman–Crippen MR) is 75.7 cm³/mol. The predicted octanol–water partition coefficient (Wildman–Crippen LogP) is 3.92. The fraction of sp³-hybridized carbons (Fsp3) is 0.235. The number of ether oxygens (including phenoxy) is 1. The van der Waals surface area contributed by atoms with Gasteiger partial charge < -0.3 is 4.74 Å². The number of carbonyl (C=O) groups excluding carboxylic acids is 1. The minimum atomic E-state index is -0.168. The van der Waals surface area contributed by atoms with Crippen molar-refractivity contribution in [3.8, 4) is 0 Å². The van der Waals surface area contributed by atoms with E-state index < -0.39 is 0 Å². The Bertz CT molecular complexity index is 505. The topological polar surface area (TPSA) is 26.3 Å². The van der Waals surface area contributed by atoms with E-state index in [0.717, 1.165) is 11.1 Å². The van der Waals surface area contributed by atoms with Crippen molar-refractivity contribution in [1.29, 1.82) is 0 Å². The number of benzene rings is 2. The highest BCUT2D eigenvalue weighted by Crippen LogP contribution is 2.22. The number of hydrogen-bond acceptors (Lipinski definition) is 2. The SMILES string of the molecule is CC(=O)C[C@H](OCc1ccccc1)c1ccccc1. The van der Waals surface area contributed by atoms with Crippen molar-refractivity contribution in [3.05, 3.63) is 71.8 Å². The van der Waals surface area contributed by atoms with Crippen LogP contribution in [0.1, 0.15) is 30.6 Å². The molecule has 1 atom stereocenters. The summed E-state index contributed by atoms with van der Waals surface area (Å²) in [5, 5.41) is 0. The Morgan fingerprint density at radius 1 is 1.00 bits per heavy atom. The van der Waals surface area contributed by atoms with Crippen LogP contribution in [0.4, 0.5) is 0 Å². The molecule has 0 N–H and O–H groups in total. The number of carbonyl (C=O) groups is 1. The van der Waals surface area contributed by atoms with E-state index in [1.54, 1.807) is 6.92 Å².